The van der Waals surface area contributed by atoms with Crippen LogP contribution in [0, 0.1) is 18.8 Å². The molecule has 1 saturated carbocycles. The van der Waals surface area contributed by atoms with Crippen LogP contribution in [0.1, 0.15) is 43.2 Å². The zero-order valence-corrected chi connectivity index (χ0v) is 14.1. The van der Waals surface area contributed by atoms with Crippen LogP contribution in [-0.2, 0) is 20.9 Å². The lowest BCUT2D eigenvalue weighted by molar-refractivity contribution is -0.140. The number of nitrogens with zero attached hydrogens (tertiary/aromatic N) is 1. The molecule has 2 aliphatic rings. The highest BCUT2D eigenvalue weighted by Crippen LogP contribution is 2.37. The summed E-state index contributed by atoms with van der Waals surface area (Å²) in [6.45, 7) is 2.67. The summed E-state index contributed by atoms with van der Waals surface area (Å²) in [6, 6.07) is 7.96. The van der Waals surface area contributed by atoms with E-state index in [9.17, 15) is 14.4 Å². The monoisotopic (exact) mass is 328 g/mol. The summed E-state index contributed by atoms with van der Waals surface area (Å²) in [7, 11) is 0. The Morgan fingerprint density at radius 2 is 1.83 bits per heavy atom. The minimum absolute atomic E-state index is 0.0730. The molecule has 0 spiro atoms. The highest BCUT2D eigenvalue weighted by atomic mass is 16.2. The van der Waals surface area contributed by atoms with Gasteiger partial charge in [0.25, 0.3) is 0 Å². The van der Waals surface area contributed by atoms with Crippen molar-refractivity contribution < 1.29 is 14.4 Å². The molecule has 1 N–H and O–H groups in total. The molecule has 3 rings (SSSR count). The molecule has 24 heavy (non-hydrogen) atoms. The number of amides is 3. The maximum Gasteiger partial charge on any atom is 0.233 e. The highest BCUT2D eigenvalue weighted by Gasteiger charge is 2.47. The van der Waals surface area contributed by atoms with E-state index in [1.165, 1.54) is 4.90 Å². The maximum atomic E-state index is 12.4. The summed E-state index contributed by atoms with van der Waals surface area (Å²) in [5, 5.41) is 2.85. The standard InChI is InChI=1S/C19H24N2O3/c1-13-5-4-6-14(11-13)12-20-17(22)9-10-21-18(23)15-7-2-3-8-16(15)19(21)24/h4-6,11,15-16H,2-3,7-10,12H2,1H3,(H,20,22). The number of likely N-dealkylation sites (tertiary alicyclic amines) is 1. The first-order valence-electron chi connectivity index (χ1n) is 8.74. The third-order valence-electron chi connectivity index (χ3n) is 5.07. The number of hydrogen-bond acceptors (Lipinski definition) is 3. The number of nitrogens with one attached hydrogen (secondary N) is 1. The fraction of sp³-hybridized carbons (Fsp3) is 0.526. The molecule has 0 bridgehead atoms. The molecule has 0 radical (unpaired) electrons. The molecule has 1 aliphatic carbocycles. The molecule has 5 heteroatoms. The summed E-state index contributed by atoms with van der Waals surface area (Å²) >= 11 is 0. The fourth-order valence-electron chi connectivity index (χ4n) is 3.78. The van der Waals surface area contributed by atoms with Crippen LogP contribution < -0.4 is 5.32 Å². The van der Waals surface area contributed by atoms with Crippen molar-refractivity contribution in [2.75, 3.05) is 6.54 Å². The molecule has 1 saturated heterocycles. The lowest BCUT2D eigenvalue weighted by atomic mass is 9.81. The third-order valence-corrected chi connectivity index (χ3v) is 5.07. The van der Waals surface area contributed by atoms with Crippen molar-refractivity contribution in [2.24, 2.45) is 11.8 Å². The number of carbonyl (C=O) groups is 3. The van der Waals surface area contributed by atoms with Crippen LogP contribution in [0.5, 0.6) is 0 Å². The van der Waals surface area contributed by atoms with Crippen molar-refractivity contribution >= 4 is 17.7 Å². The van der Waals surface area contributed by atoms with Crippen molar-refractivity contribution in [1.29, 1.82) is 0 Å². The Morgan fingerprint density at radius 3 is 2.46 bits per heavy atom. The first-order valence-corrected chi connectivity index (χ1v) is 8.74. The van der Waals surface area contributed by atoms with Gasteiger partial charge >= 0.3 is 0 Å². The van der Waals surface area contributed by atoms with Gasteiger partial charge in [-0.15, -0.1) is 0 Å². The van der Waals surface area contributed by atoms with E-state index in [2.05, 4.69) is 5.32 Å². The molecule has 2 atom stereocenters. The summed E-state index contributed by atoms with van der Waals surface area (Å²) in [5.74, 6) is -0.553. The van der Waals surface area contributed by atoms with E-state index < -0.39 is 0 Å². The Bertz CT molecular complexity index is 632. The predicted molar refractivity (Wildman–Crippen MR) is 89.8 cm³/mol. The molecule has 1 heterocycles. The van der Waals surface area contributed by atoms with Crippen LogP contribution >= 0.6 is 0 Å². The SMILES string of the molecule is Cc1cccc(CNC(=O)CCN2C(=O)C3CCCCC3C2=O)c1. The number of hydrogen-bond donors (Lipinski definition) is 1. The van der Waals surface area contributed by atoms with Gasteiger partial charge in [0.05, 0.1) is 11.8 Å². The smallest absolute Gasteiger partial charge is 0.233 e. The van der Waals surface area contributed by atoms with E-state index in [-0.39, 0.29) is 42.5 Å². The first kappa shape index (κ1) is 16.7. The lowest BCUT2D eigenvalue weighted by Crippen LogP contribution is -2.35. The normalized spacial score (nSPS) is 23.3. The Kier molecular flexibility index (Phi) is 4.97. The minimum Gasteiger partial charge on any atom is -0.352 e. The lowest BCUT2D eigenvalue weighted by Gasteiger charge is -2.19. The number of carbonyl (C=O) groups excluding carboxylic acids is 3. The summed E-state index contributed by atoms with van der Waals surface area (Å²) in [5.41, 5.74) is 2.19. The number of benzene rings is 1. The van der Waals surface area contributed by atoms with Crippen LogP contribution in [0.15, 0.2) is 24.3 Å². The molecule has 1 aromatic carbocycles. The zero-order valence-electron chi connectivity index (χ0n) is 14.1. The summed E-state index contributed by atoms with van der Waals surface area (Å²) in [4.78, 5) is 38.0. The van der Waals surface area contributed by atoms with Crippen molar-refractivity contribution in [3.05, 3.63) is 35.4 Å². The molecular formula is C19H24N2O3. The van der Waals surface area contributed by atoms with Gasteiger partial charge in [-0.05, 0) is 25.3 Å². The second-order valence-electron chi connectivity index (χ2n) is 6.84. The molecular weight excluding hydrogens is 304 g/mol. The Labute approximate surface area is 142 Å². The van der Waals surface area contributed by atoms with E-state index >= 15 is 0 Å². The molecule has 2 fully saturated rings. The molecule has 5 nitrogen and oxygen atoms in total. The number of imide groups is 1. The van der Waals surface area contributed by atoms with Crippen molar-refractivity contribution in [3.8, 4) is 0 Å². The largest absolute Gasteiger partial charge is 0.352 e. The number of aryl methyl sites for hydroxylation is 1. The van der Waals surface area contributed by atoms with Crippen LogP contribution in [-0.4, -0.2) is 29.2 Å². The Balaban J connectivity index is 1.49. The van der Waals surface area contributed by atoms with Gasteiger partial charge in [0.2, 0.25) is 17.7 Å². The van der Waals surface area contributed by atoms with Gasteiger partial charge in [0, 0.05) is 19.5 Å². The van der Waals surface area contributed by atoms with Crippen molar-refractivity contribution in [1.82, 2.24) is 10.2 Å². The average molecular weight is 328 g/mol. The van der Waals surface area contributed by atoms with Gasteiger partial charge in [0.1, 0.15) is 0 Å². The third kappa shape index (κ3) is 3.50. The second-order valence-corrected chi connectivity index (χ2v) is 6.84. The van der Waals surface area contributed by atoms with Gasteiger partial charge in [-0.3, -0.25) is 19.3 Å². The minimum atomic E-state index is -0.137. The number of fused-ring (bicyclic) bond motifs is 1. The van der Waals surface area contributed by atoms with E-state index in [0.29, 0.717) is 6.54 Å². The summed E-state index contributed by atoms with van der Waals surface area (Å²) in [6.07, 6.45) is 3.83. The Morgan fingerprint density at radius 1 is 1.17 bits per heavy atom. The van der Waals surface area contributed by atoms with Gasteiger partial charge in [0.15, 0.2) is 0 Å². The molecule has 128 valence electrons. The van der Waals surface area contributed by atoms with Crippen LogP contribution in [0.2, 0.25) is 0 Å². The second kappa shape index (κ2) is 7.16. The van der Waals surface area contributed by atoms with Crippen LogP contribution in [0.25, 0.3) is 0 Å². The number of rotatable bonds is 5. The maximum absolute atomic E-state index is 12.4. The van der Waals surface area contributed by atoms with Gasteiger partial charge in [-0.1, -0.05) is 42.7 Å². The van der Waals surface area contributed by atoms with Crippen LogP contribution in [0.4, 0.5) is 0 Å². The predicted octanol–water partition coefficient (Wildman–Crippen LogP) is 2.18. The van der Waals surface area contributed by atoms with Gasteiger partial charge in [-0.25, -0.2) is 0 Å². The highest BCUT2D eigenvalue weighted by molar-refractivity contribution is 6.05. The zero-order chi connectivity index (χ0) is 17.1. The van der Waals surface area contributed by atoms with Crippen molar-refractivity contribution in [3.63, 3.8) is 0 Å². The van der Waals surface area contributed by atoms with E-state index in [1.54, 1.807) is 0 Å². The van der Waals surface area contributed by atoms with Gasteiger partial charge in [-0.2, -0.15) is 0 Å². The topological polar surface area (TPSA) is 66.5 Å². The molecule has 0 aromatic heterocycles. The van der Waals surface area contributed by atoms with E-state index in [0.717, 1.165) is 36.8 Å². The van der Waals surface area contributed by atoms with E-state index in [1.807, 2.05) is 31.2 Å². The van der Waals surface area contributed by atoms with Gasteiger partial charge < -0.3 is 5.32 Å². The molecule has 1 aromatic rings. The quantitative estimate of drug-likeness (QED) is 0.843. The molecule has 3 amide bonds. The first-order chi connectivity index (χ1) is 11.6. The molecule has 2 unspecified atom stereocenters. The van der Waals surface area contributed by atoms with Crippen LogP contribution in [0.3, 0.4) is 0 Å². The van der Waals surface area contributed by atoms with E-state index in [4.69, 9.17) is 0 Å². The fourth-order valence-corrected chi connectivity index (χ4v) is 3.78. The van der Waals surface area contributed by atoms with Crippen molar-refractivity contribution in [2.45, 2.75) is 45.6 Å². The summed E-state index contributed by atoms with van der Waals surface area (Å²) < 4.78 is 0. The molecule has 1 aliphatic heterocycles. The Hall–Kier alpha value is -2.17. The average Bonchev–Trinajstić information content (AvgIpc) is 2.83.